The Hall–Kier alpha value is -2.04. The smallest absolute Gasteiger partial charge is 0.410 e. The van der Waals surface area contributed by atoms with E-state index < -0.39 is 18.1 Å². The van der Waals surface area contributed by atoms with E-state index in [0.717, 1.165) is 18.4 Å². The zero-order chi connectivity index (χ0) is 14.5. The maximum atomic E-state index is 12.1. The van der Waals surface area contributed by atoms with Crippen molar-refractivity contribution in [3.05, 3.63) is 35.9 Å². The SMILES string of the molecule is CCN(C(=O)OCc1ccccc1)C(C(=O)O)C1CC1. The number of carboxylic acid groups (broad SMARTS) is 1. The Morgan fingerprint density at radius 1 is 1.35 bits per heavy atom. The molecule has 1 aromatic carbocycles. The fourth-order valence-corrected chi connectivity index (χ4v) is 2.24. The van der Waals surface area contributed by atoms with Gasteiger partial charge in [-0.05, 0) is 31.2 Å². The number of rotatable bonds is 6. The molecular formula is C15H19NO4. The van der Waals surface area contributed by atoms with Crippen molar-refractivity contribution in [1.29, 1.82) is 0 Å². The minimum Gasteiger partial charge on any atom is -0.480 e. The molecule has 0 saturated heterocycles. The molecule has 1 atom stereocenters. The first-order valence-electron chi connectivity index (χ1n) is 6.83. The lowest BCUT2D eigenvalue weighted by Crippen LogP contribution is -2.46. The van der Waals surface area contributed by atoms with Crippen LogP contribution in [-0.2, 0) is 16.1 Å². The zero-order valence-electron chi connectivity index (χ0n) is 11.5. The van der Waals surface area contributed by atoms with Crippen LogP contribution in [0.25, 0.3) is 0 Å². The number of aliphatic carboxylic acids is 1. The zero-order valence-corrected chi connectivity index (χ0v) is 11.5. The lowest BCUT2D eigenvalue weighted by atomic mass is 10.1. The van der Waals surface area contributed by atoms with Crippen LogP contribution in [0.4, 0.5) is 4.79 Å². The first-order valence-corrected chi connectivity index (χ1v) is 6.83. The van der Waals surface area contributed by atoms with Crippen LogP contribution >= 0.6 is 0 Å². The van der Waals surface area contributed by atoms with Crippen LogP contribution in [0.1, 0.15) is 25.3 Å². The van der Waals surface area contributed by atoms with Gasteiger partial charge >= 0.3 is 12.1 Å². The second-order valence-electron chi connectivity index (χ2n) is 4.95. The second-order valence-corrected chi connectivity index (χ2v) is 4.95. The first-order chi connectivity index (χ1) is 9.63. The number of likely N-dealkylation sites (N-methyl/N-ethyl adjacent to an activating group) is 1. The fraction of sp³-hybridized carbons (Fsp3) is 0.467. The molecule has 0 radical (unpaired) electrons. The average Bonchev–Trinajstić information content (AvgIpc) is 3.27. The van der Waals surface area contributed by atoms with E-state index in [1.54, 1.807) is 6.92 Å². The fourth-order valence-electron chi connectivity index (χ4n) is 2.24. The summed E-state index contributed by atoms with van der Waals surface area (Å²) in [6.07, 6.45) is 1.16. The first kappa shape index (κ1) is 14.4. The maximum Gasteiger partial charge on any atom is 0.410 e. The molecule has 1 aliphatic rings. The topological polar surface area (TPSA) is 66.8 Å². The molecule has 0 aliphatic heterocycles. The van der Waals surface area contributed by atoms with E-state index in [-0.39, 0.29) is 12.5 Å². The Balaban J connectivity index is 1.96. The molecule has 0 spiro atoms. The average molecular weight is 277 g/mol. The Morgan fingerprint density at radius 3 is 2.50 bits per heavy atom. The van der Waals surface area contributed by atoms with Crippen molar-refractivity contribution in [2.75, 3.05) is 6.54 Å². The predicted octanol–water partition coefficient (Wildman–Crippen LogP) is 2.51. The van der Waals surface area contributed by atoms with Crippen molar-refractivity contribution in [2.45, 2.75) is 32.4 Å². The normalized spacial score (nSPS) is 15.4. The second kappa shape index (κ2) is 6.41. The molecule has 1 saturated carbocycles. The molecule has 0 heterocycles. The Bertz CT molecular complexity index is 470. The van der Waals surface area contributed by atoms with E-state index in [9.17, 15) is 14.7 Å². The van der Waals surface area contributed by atoms with Gasteiger partial charge in [-0.3, -0.25) is 4.90 Å². The highest BCUT2D eigenvalue weighted by molar-refractivity contribution is 5.80. The quantitative estimate of drug-likeness (QED) is 0.867. The van der Waals surface area contributed by atoms with Gasteiger partial charge in [0, 0.05) is 6.54 Å². The lowest BCUT2D eigenvalue weighted by molar-refractivity contribution is -0.143. The van der Waals surface area contributed by atoms with E-state index in [2.05, 4.69) is 0 Å². The molecule has 20 heavy (non-hydrogen) atoms. The van der Waals surface area contributed by atoms with Crippen LogP contribution < -0.4 is 0 Å². The van der Waals surface area contributed by atoms with Crippen molar-refractivity contribution in [2.24, 2.45) is 5.92 Å². The van der Waals surface area contributed by atoms with E-state index in [1.165, 1.54) is 4.90 Å². The van der Waals surface area contributed by atoms with Gasteiger partial charge in [0.05, 0.1) is 0 Å². The highest BCUT2D eigenvalue weighted by Gasteiger charge is 2.42. The van der Waals surface area contributed by atoms with E-state index in [4.69, 9.17) is 4.74 Å². The highest BCUT2D eigenvalue weighted by Crippen LogP contribution is 2.35. The molecule has 1 aromatic rings. The Morgan fingerprint density at radius 2 is 2.00 bits per heavy atom. The van der Waals surface area contributed by atoms with Gasteiger partial charge in [0.2, 0.25) is 0 Å². The molecule has 1 amide bonds. The van der Waals surface area contributed by atoms with Gasteiger partial charge in [0.25, 0.3) is 0 Å². The predicted molar refractivity (Wildman–Crippen MR) is 73.2 cm³/mol. The summed E-state index contributed by atoms with van der Waals surface area (Å²) in [7, 11) is 0. The highest BCUT2D eigenvalue weighted by atomic mass is 16.6. The molecule has 1 unspecified atom stereocenters. The number of ether oxygens (including phenoxy) is 1. The minimum atomic E-state index is -0.953. The van der Waals surface area contributed by atoms with Gasteiger partial charge in [-0.1, -0.05) is 30.3 Å². The third kappa shape index (κ3) is 3.50. The molecule has 108 valence electrons. The van der Waals surface area contributed by atoms with Gasteiger partial charge in [-0.2, -0.15) is 0 Å². The summed E-state index contributed by atoms with van der Waals surface area (Å²) in [5.41, 5.74) is 0.884. The van der Waals surface area contributed by atoms with Crippen molar-refractivity contribution < 1.29 is 19.4 Å². The maximum absolute atomic E-state index is 12.1. The van der Waals surface area contributed by atoms with Crippen LogP contribution in [0.2, 0.25) is 0 Å². The Kier molecular flexibility index (Phi) is 4.61. The molecule has 1 N–H and O–H groups in total. The summed E-state index contributed by atoms with van der Waals surface area (Å²) in [5.74, 6) is -0.886. The van der Waals surface area contributed by atoms with Crippen molar-refractivity contribution >= 4 is 12.1 Å². The summed E-state index contributed by atoms with van der Waals surface area (Å²) in [5, 5.41) is 9.27. The largest absolute Gasteiger partial charge is 0.480 e. The van der Waals surface area contributed by atoms with Crippen molar-refractivity contribution in [1.82, 2.24) is 4.90 Å². The number of hydrogen-bond donors (Lipinski definition) is 1. The number of benzene rings is 1. The number of carbonyl (C=O) groups excluding carboxylic acids is 1. The van der Waals surface area contributed by atoms with Gasteiger partial charge < -0.3 is 9.84 Å². The Labute approximate surface area is 118 Å². The summed E-state index contributed by atoms with van der Waals surface area (Å²) in [6, 6.07) is 8.58. The van der Waals surface area contributed by atoms with E-state index in [1.807, 2.05) is 30.3 Å². The molecule has 5 nitrogen and oxygen atoms in total. The van der Waals surface area contributed by atoms with Crippen molar-refractivity contribution in [3.8, 4) is 0 Å². The van der Waals surface area contributed by atoms with Crippen LogP contribution in [0.5, 0.6) is 0 Å². The summed E-state index contributed by atoms with van der Waals surface area (Å²) in [4.78, 5) is 24.7. The molecule has 1 aliphatic carbocycles. The summed E-state index contributed by atoms with van der Waals surface area (Å²) < 4.78 is 5.21. The van der Waals surface area contributed by atoms with Crippen LogP contribution in [0.15, 0.2) is 30.3 Å². The molecular weight excluding hydrogens is 258 g/mol. The standard InChI is InChI=1S/C15H19NO4/c1-2-16(13(14(17)18)12-8-9-12)15(19)20-10-11-6-4-3-5-7-11/h3-7,12-13H,2,8-10H2,1H3,(H,17,18). The van der Waals surface area contributed by atoms with Crippen LogP contribution in [0, 0.1) is 5.92 Å². The summed E-state index contributed by atoms with van der Waals surface area (Å²) in [6.45, 7) is 2.26. The number of carbonyl (C=O) groups is 2. The van der Waals surface area contributed by atoms with E-state index >= 15 is 0 Å². The monoisotopic (exact) mass is 277 g/mol. The van der Waals surface area contributed by atoms with Gasteiger partial charge in [-0.25, -0.2) is 9.59 Å². The number of hydrogen-bond acceptors (Lipinski definition) is 3. The van der Waals surface area contributed by atoms with Crippen LogP contribution in [0.3, 0.4) is 0 Å². The van der Waals surface area contributed by atoms with Crippen LogP contribution in [-0.4, -0.2) is 34.7 Å². The minimum absolute atomic E-state index is 0.0664. The molecule has 5 heteroatoms. The molecule has 0 aromatic heterocycles. The third-order valence-corrected chi connectivity index (χ3v) is 3.44. The number of amides is 1. The number of carboxylic acids is 1. The van der Waals surface area contributed by atoms with Crippen molar-refractivity contribution in [3.63, 3.8) is 0 Å². The summed E-state index contributed by atoms with van der Waals surface area (Å²) >= 11 is 0. The van der Waals surface area contributed by atoms with Gasteiger partial charge in [-0.15, -0.1) is 0 Å². The number of nitrogens with zero attached hydrogens (tertiary/aromatic N) is 1. The van der Waals surface area contributed by atoms with Gasteiger partial charge in [0.15, 0.2) is 0 Å². The van der Waals surface area contributed by atoms with Gasteiger partial charge in [0.1, 0.15) is 12.6 Å². The van der Waals surface area contributed by atoms with E-state index in [0.29, 0.717) is 6.54 Å². The lowest BCUT2D eigenvalue weighted by Gasteiger charge is -2.27. The molecule has 0 bridgehead atoms. The molecule has 2 rings (SSSR count). The third-order valence-electron chi connectivity index (χ3n) is 3.44. The molecule has 1 fully saturated rings.